The third-order valence-corrected chi connectivity index (χ3v) is 2.78. The maximum Gasteiger partial charge on any atom is 0.271 e. The summed E-state index contributed by atoms with van der Waals surface area (Å²) in [6.07, 6.45) is 0.502. The first-order valence-electron chi connectivity index (χ1n) is 6.16. The van der Waals surface area contributed by atoms with Crippen molar-refractivity contribution >= 4 is 17.3 Å². The van der Waals surface area contributed by atoms with Crippen LogP contribution in [0.4, 0.5) is 5.69 Å². The van der Waals surface area contributed by atoms with Crippen LogP contribution in [-0.4, -0.2) is 23.6 Å². The van der Waals surface area contributed by atoms with Gasteiger partial charge in [0.25, 0.3) is 5.69 Å². The molecule has 0 aliphatic rings. The number of nitriles is 1. The Hall–Kier alpha value is -1.84. The van der Waals surface area contributed by atoms with Crippen LogP contribution in [0.3, 0.4) is 0 Å². The van der Waals surface area contributed by atoms with Gasteiger partial charge in [-0.3, -0.25) is 15.4 Å². The highest BCUT2D eigenvalue weighted by Gasteiger charge is 2.12. The molecule has 1 rings (SSSR count). The Kier molecular flexibility index (Phi) is 6.22. The summed E-state index contributed by atoms with van der Waals surface area (Å²) in [7, 11) is 0. The summed E-state index contributed by atoms with van der Waals surface area (Å²) in [5, 5.41) is 22.8. The topological polar surface area (TPSA) is 88.2 Å². The maximum atomic E-state index is 10.6. The third-order valence-electron chi connectivity index (χ3n) is 2.48. The number of hydrogen-bond acceptors (Lipinski definition) is 5. The molecule has 0 spiro atoms. The molecule has 1 atom stereocenters. The first-order chi connectivity index (χ1) is 9.43. The lowest BCUT2D eigenvalue weighted by atomic mass is 10.2. The molecule has 0 fully saturated rings. The summed E-state index contributed by atoms with van der Waals surface area (Å²) < 4.78 is 5.44. The lowest BCUT2D eigenvalue weighted by molar-refractivity contribution is -0.384. The molecule has 0 saturated heterocycles. The number of benzene rings is 1. The van der Waals surface area contributed by atoms with Crippen LogP contribution in [0.2, 0.25) is 5.02 Å². The van der Waals surface area contributed by atoms with E-state index in [4.69, 9.17) is 21.6 Å². The number of nitro groups is 1. The Labute approximate surface area is 122 Å². The van der Waals surface area contributed by atoms with Crippen molar-refractivity contribution in [1.82, 2.24) is 5.32 Å². The van der Waals surface area contributed by atoms with Crippen LogP contribution in [0.15, 0.2) is 18.2 Å². The van der Waals surface area contributed by atoms with Crippen molar-refractivity contribution in [3.8, 4) is 11.8 Å². The molecule has 0 heterocycles. The Morgan fingerprint density at radius 2 is 2.25 bits per heavy atom. The molecule has 1 aromatic rings. The minimum Gasteiger partial charge on any atom is -0.492 e. The van der Waals surface area contributed by atoms with Gasteiger partial charge in [-0.2, -0.15) is 5.26 Å². The summed E-state index contributed by atoms with van der Waals surface area (Å²) in [6, 6.07) is 6.08. The quantitative estimate of drug-likeness (QED) is 0.617. The second-order valence-corrected chi connectivity index (χ2v) is 4.92. The highest BCUT2D eigenvalue weighted by molar-refractivity contribution is 6.32. The number of nitro benzene ring substituents is 1. The van der Waals surface area contributed by atoms with Gasteiger partial charge in [-0.25, -0.2) is 0 Å². The van der Waals surface area contributed by atoms with Gasteiger partial charge in [0, 0.05) is 24.6 Å². The third kappa shape index (κ3) is 5.03. The van der Waals surface area contributed by atoms with Crippen LogP contribution in [0, 0.1) is 21.4 Å². The van der Waals surface area contributed by atoms with Gasteiger partial charge >= 0.3 is 0 Å². The van der Waals surface area contributed by atoms with Crippen LogP contribution in [0.1, 0.15) is 20.3 Å². The summed E-state index contributed by atoms with van der Waals surface area (Å²) in [5.41, 5.74) is -0.0845. The van der Waals surface area contributed by atoms with Gasteiger partial charge in [-0.15, -0.1) is 0 Å². The molecule has 20 heavy (non-hydrogen) atoms. The van der Waals surface area contributed by atoms with Gasteiger partial charge in [0.2, 0.25) is 0 Å². The molecule has 108 valence electrons. The average Bonchev–Trinajstić information content (AvgIpc) is 2.38. The van der Waals surface area contributed by atoms with Crippen LogP contribution in [-0.2, 0) is 0 Å². The largest absolute Gasteiger partial charge is 0.492 e. The van der Waals surface area contributed by atoms with E-state index in [-0.39, 0.29) is 22.8 Å². The van der Waals surface area contributed by atoms with Crippen molar-refractivity contribution in [2.45, 2.75) is 32.4 Å². The van der Waals surface area contributed by atoms with Gasteiger partial charge in [0.1, 0.15) is 5.75 Å². The van der Waals surface area contributed by atoms with Crippen LogP contribution in [0.25, 0.3) is 0 Å². The molecule has 7 heteroatoms. The molecule has 0 bridgehead atoms. The van der Waals surface area contributed by atoms with Crippen LogP contribution >= 0.6 is 11.6 Å². The van der Waals surface area contributed by atoms with Crippen molar-refractivity contribution < 1.29 is 9.66 Å². The number of nitrogens with zero attached hydrogens (tertiary/aromatic N) is 2. The molecule has 0 aliphatic carbocycles. The fourth-order valence-corrected chi connectivity index (χ4v) is 1.82. The molecule has 0 aromatic heterocycles. The predicted octanol–water partition coefficient (Wildman–Crippen LogP) is 2.91. The lowest BCUT2D eigenvalue weighted by Gasteiger charge is -2.15. The molecule has 1 unspecified atom stereocenters. The highest BCUT2D eigenvalue weighted by atomic mass is 35.5. The smallest absolute Gasteiger partial charge is 0.271 e. The van der Waals surface area contributed by atoms with E-state index in [1.165, 1.54) is 18.2 Å². The summed E-state index contributed by atoms with van der Waals surface area (Å²) in [5.74, 6) is 0.374. The second-order valence-electron chi connectivity index (χ2n) is 4.51. The first-order valence-corrected chi connectivity index (χ1v) is 6.54. The molecule has 6 nitrogen and oxygen atoms in total. The minimum atomic E-state index is -0.520. The lowest BCUT2D eigenvalue weighted by Crippen LogP contribution is -2.34. The van der Waals surface area contributed by atoms with Crippen molar-refractivity contribution in [2.75, 3.05) is 6.61 Å². The number of ether oxygens (including phenoxy) is 1. The molecular formula is C13H16ClN3O3. The van der Waals surface area contributed by atoms with Gasteiger partial charge < -0.3 is 4.74 Å². The maximum absolute atomic E-state index is 10.6. The van der Waals surface area contributed by atoms with Gasteiger partial charge in [0.05, 0.1) is 28.7 Å². The molecule has 1 N–H and O–H groups in total. The van der Waals surface area contributed by atoms with E-state index in [1.807, 2.05) is 13.8 Å². The predicted molar refractivity (Wildman–Crippen MR) is 75.9 cm³/mol. The van der Waals surface area contributed by atoms with E-state index in [2.05, 4.69) is 11.4 Å². The minimum absolute atomic E-state index is 0.0845. The van der Waals surface area contributed by atoms with Crippen molar-refractivity contribution in [3.63, 3.8) is 0 Å². The van der Waals surface area contributed by atoms with E-state index >= 15 is 0 Å². The highest BCUT2D eigenvalue weighted by Crippen LogP contribution is 2.28. The van der Waals surface area contributed by atoms with Crippen molar-refractivity contribution in [1.29, 1.82) is 5.26 Å². The number of nitrogens with one attached hydrogen (secondary N) is 1. The average molecular weight is 298 g/mol. The SMILES string of the molecule is CC(C)NC(C#N)CCOc1ccc([N+](=O)[O-])cc1Cl. The van der Waals surface area contributed by atoms with E-state index < -0.39 is 4.92 Å². The van der Waals surface area contributed by atoms with Crippen molar-refractivity contribution in [3.05, 3.63) is 33.3 Å². The Balaban J connectivity index is 2.54. The number of halogens is 1. The summed E-state index contributed by atoms with van der Waals surface area (Å²) in [4.78, 5) is 10.1. The number of hydrogen-bond donors (Lipinski definition) is 1. The standard InChI is InChI=1S/C13H16ClN3O3/c1-9(2)16-10(8-15)5-6-20-13-4-3-11(17(18)19)7-12(13)14/h3-4,7,9-10,16H,5-6H2,1-2H3. The van der Waals surface area contributed by atoms with E-state index in [0.717, 1.165) is 0 Å². The Morgan fingerprint density at radius 3 is 2.75 bits per heavy atom. The van der Waals surface area contributed by atoms with E-state index in [9.17, 15) is 10.1 Å². The van der Waals surface area contributed by atoms with Gasteiger partial charge in [0.15, 0.2) is 0 Å². The Morgan fingerprint density at radius 1 is 1.55 bits per heavy atom. The van der Waals surface area contributed by atoms with Crippen LogP contribution < -0.4 is 10.1 Å². The van der Waals surface area contributed by atoms with Crippen molar-refractivity contribution in [2.24, 2.45) is 0 Å². The summed E-state index contributed by atoms with van der Waals surface area (Å²) >= 11 is 5.90. The zero-order chi connectivity index (χ0) is 15.1. The van der Waals surface area contributed by atoms with Gasteiger partial charge in [-0.05, 0) is 19.9 Å². The number of rotatable bonds is 7. The second kappa shape index (κ2) is 7.68. The zero-order valence-corrected chi connectivity index (χ0v) is 12.1. The molecule has 0 radical (unpaired) electrons. The molecule has 1 aromatic carbocycles. The molecule has 0 amide bonds. The zero-order valence-electron chi connectivity index (χ0n) is 11.3. The number of non-ortho nitro benzene ring substituents is 1. The molecular weight excluding hydrogens is 282 g/mol. The fourth-order valence-electron chi connectivity index (χ4n) is 1.59. The fraction of sp³-hybridized carbons (Fsp3) is 0.462. The van der Waals surface area contributed by atoms with E-state index in [1.54, 1.807) is 0 Å². The first kappa shape index (κ1) is 16.2. The normalized spacial score (nSPS) is 11.9. The molecule has 0 aliphatic heterocycles. The molecule has 0 saturated carbocycles. The van der Waals surface area contributed by atoms with Crippen LogP contribution in [0.5, 0.6) is 5.75 Å². The van der Waals surface area contributed by atoms with Gasteiger partial charge in [-0.1, -0.05) is 11.6 Å². The van der Waals surface area contributed by atoms with E-state index in [0.29, 0.717) is 18.8 Å². The monoisotopic (exact) mass is 297 g/mol. The Bertz CT molecular complexity index is 514. The summed E-state index contributed by atoms with van der Waals surface area (Å²) in [6.45, 7) is 4.21.